The minimum atomic E-state index is 0.118. The zero-order valence-electron chi connectivity index (χ0n) is 10.0. The molecule has 0 aromatic carbocycles. The van der Waals surface area contributed by atoms with Crippen molar-refractivity contribution < 1.29 is 4.79 Å². The second kappa shape index (κ2) is 6.15. The Morgan fingerprint density at radius 2 is 2.38 bits per heavy atom. The van der Waals surface area contributed by atoms with Crippen LogP contribution in [0.15, 0.2) is 0 Å². The summed E-state index contributed by atoms with van der Waals surface area (Å²) in [6.45, 7) is 3.98. The van der Waals surface area contributed by atoms with Crippen LogP contribution in [0.25, 0.3) is 0 Å². The van der Waals surface area contributed by atoms with Gasteiger partial charge in [-0.05, 0) is 26.3 Å². The molecule has 1 aliphatic heterocycles. The largest absolute Gasteiger partial charge is 0.393 e. The van der Waals surface area contributed by atoms with Gasteiger partial charge in [0, 0.05) is 26.1 Å². The predicted molar refractivity (Wildman–Crippen MR) is 69.2 cm³/mol. The molecule has 1 fully saturated rings. The molecule has 2 atom stereocenters. The second-order valence-corrected chi connectivity index (χ2v) is 4.99. The highest BCUT2D eigenvalue weighted by Gasteiger charge is 2.27. The van der Waals surface area contributed by atoms with Crippen molar-refractivity contribution in [3.63, 3.8) is 0 Å². The molecule has 0 radical (unpaired) electrons. The molecule has 1 saturated heterocycles. The maximum absolute atomic E-state index is 11.6. The van der Waals surface area contributed by atoms with E-state index in [4.69, 9.17) is 18.0 Å². The number of carbonyl (C=O) groups is 1. The van der Waals surface area contributed by atoms with Gasteiger partial charge in [-0.3, -0.25) is 9.69 Å². The molecule has 0 aliphatic carbocycles. The first-order valence-electron chi connectivity index (χ1n) is 5.78. The highest BCUT2D eigenvalue weighted by molar-refractivity contribution is 7.80. The maximum Gasteiger partial charge on any atom is 0.224 e. The summed E-state index contributed by atoms with van der Waals surface area (Å²) >= 11 is 4.92. The molecule has 1 amide bonds. The van der Waals surface area contributed by atoms with Crippen molar-refractivity contribution in [2.45, 2.75) is 32.2 Å². The second-order valence-electron chi connectivity index (χ2n) is 4.47. The first kappa shape index (κ1) is 13.4. The molecule has 3 N–H and O–H groups in total. The summed E-state index contributed by atoms with van der Waals surface area (Å²) in [5.41, 5.74) is 5.55. The SMILES string of the molecule is CNC(=O)C1CCCN(C(C)CC(N)=S)C1. The van der Waals surface area contributed by atoms with Gasteiger partial charge in [-0.1, -0.05) is 12.2 Å². The summed E-state index contributed by atoms with van der Waals surface area (Å²) < 4.78 is 0. The quantitative estimate of drug-likeness (QED) is 0.706. The lowest BCUT2D eigenvalue weighted by Gasteiger charge is -2.35. The van der Waals surface area contributed by atoms with Gasteiger partial charge in [0.2, 0.25) is 5.91 Å². The summed E-state index contributed by atoms with van der Waals surface area (Å²) in [5, 5.41) is 2.72. The minimum absolute atomic E-state index is 0.118. The third kappa shape index (κ3) is 3.72. The van der Waals surface area contributed by atoms with Gasteiger partial charge in [0.25, 0.3) is 0 Å². The van der Waals surface area contributed by atoms with E-state index < -0.39 is 0 Å². The maximum atomic E-state index is 11.6. The van der Waals surface area contributed by atoms with E-state index in [0.29, 0.717) is 11.0 Å². The lowest BCUT2D eigenvalue weighted by Crippen LogP contribution is -2.46. The van der Waals surface area contributed by atoms with Crippen LogP contribution >= 0.6 is 12.2 Å². The molecule has 0 spiro atoms. The molecule has 16 heavy (non-hydrogen) atoms. The summed E-state index contributed by atoms with van der Waals surface area (Å²) in [6, 6.07) is 0.338. The van der Waals surface area contributed by atoms with E-state index in [2.05, 4.69) is 17.1 Å². The van der Waals surface area contributed by atoms with E-state index >= 15 is 0 Å². The Morgan fingerprint density at radius 3 is 2.94 bits per heavy atom. The minimum Gasteiger partial charge on any atom is -0.393 e. The van der Waals surface area contributed by atoms with Gasteiger partial charge >= 0.3 is 0 Å². The fourth-order valence-electron chi connectivity index (χ4n) is 2.25. The molecule has 2 unspecified atom stereocenters. The number of hydrogen-bond acceptors (Lipinski definition) is 3. The lowest BCUT2D eigenvalue weighted by molar-refractivity contribution is -0.126. The van der Waals surface area contributed by atoms with Crippen molar-refractivity contribution in [3.8, 4) is 0 Å². The first-order chi connectivity index (χ1) is 7.54. The number of likely N-dealkylation sites (tertiary alicyclic amines) is 1. The fourth-order valence-corrected chi connectivity index (χ4v) is 2.49. The first-order valence-corrected chi connectivity index (χ1v) is 6.19. The molecule has 0 aromatic rings. The van der Waals surface area contributed by atoms with Crippen LogP contribution in [-0.4, -0.2) is 42.0 Å². The third-order valence-electron chi connectivity index (χ3n) is 3.19. The van der Waals surface area contributed by atoms with E-state index in [9.17, 15) is 4.79 Å². The molecular weight excluding hydrogens is 222 g/mol. The van der Waals surface area contributed by atoms with Gasteiger partial charge in [0.05, 0.1) is 10.9 Å². The molecule has 0 bridgehead atoms. The van der Waals surface area contributed by atoms with E-state index in [1.165, 1.54) is 0 Å². The van der Waals surface area contributed by atoms with Gasteiger partial charge in [0.15, 0.2) is 0 Å². The highest BCUT2D eigenvalue weighted by atomic mass is 32.1. The van der Waals surface area contributed by atoms with Crippen LogP contribution in [0.1, 0.15) is 26.2 Å². The van der Waals surface area contributed by atoms with Crippen molar-refractivity contribution in [1.29, 1.82) is 0 Å². The molecule has 4 nitrogen and oxygen atoms in total. The molecule has 1 heterocycles. The van der Waals surface area contributed by atoms with E-state index in [1.54, 1.807) is 7.05 Å². The topological polar surface area (TPSA) is 58.4 Å². The molecule has 5 heteroatoms. The van der Waals surface area contributed by atoms with Crippen LogP contribution in [0.5, 0.6) is 0 Å². The van der Waals surface area contributed by atoms with Gasteiger partial charge in [0.1, 0.15) is 0 Å². The number of hydrogen-bond donors (Lipinski definition) is 2. The smallest absolute Gasteiger partial charge is 0.224 e. The zero-order valence-corrected chi connectivity index (χ0v) is 10.8. The van der Waals surface area contributed by atoms with E-state index in [1.807, 2.05) is 0 Å². The van der Waals surface area contributed by atoms with E-state index in [0.717, 1.165) is 32.4 Å². The summed E-state index contributed by atoms with van der Waals surface area (Å²) in [7, 11) is 1.69. The van der Waals surface area contributed by atoms with Crippen molar-refractivity contribution in [1.82, 2.24) is 10.2 Å². The van der Waals surface area contributed by atoms with Crippen molar-refractivity contribution in [2.75, 3.05) is 20.1 Å². The standard InChI is InChI=1S/C11H21N3OS/c1-8(6-10(12)16)14-5-3-4-9(7-14)11(15)13-2/h8-9H,3-7H2,1-2H3,(H2,12,16)(H,13,15). The summed E-state index contributed by atoms with van der Waals surface area (Å²) in [4.78, 5) is 14.4. The number of amides is 1. The Bertz CT molecular complexity index is 270. The van der Waals surface area contributed by atoms with Crippen molar-refractivity contribution in [3.05, 3.63) is 0 Å². The molecule has 0 aromatic heterocycles. The monoisotopic (exact) mass is 243 g/mol. The molecule has 92 valence electrons. The number of thiocarbonyl (C=S) groups is 1. The normalized spacial score (nSPS) is 23.8. The van der Waals surface area contributed by atoms with Crippen LogP contribution in [-0.2, 0) is 4.79 Å². The van der Waals surface area contributed by atoms with Gasteiger partial charge in [-0.25, -0.2) is 0 Å². The molecular formula is C11H21N3OS. The van der Waals surface area contributed by atoms with Crippen LogP contribution in [0.2, 0.25) is 0 Å². The average molecular weight is 243 g/mol. The van der Waals surface area contributed by atoms with Crippen LogP contribution < -0.4 is 11.1 Å². The van der Waals surface area contributed by atoms with Gasteiger partial charge in [-0.15, -0.1) is 0 Å². The number of carbonyl (C=O) groups excluding carboxylic acids is 1. The number of rotatable bonds is 4. The molecule has 1 rings (SSSR count). The zero-order chi connectivity index (χ0) is 12.1. The highest BCUT2D eigenvalue weighted by Crippen LogP contribution is 2.19. The number of nitrogens with zero attached hydrogens (tertiary/aromatic N) is 1. The van der Waals surface area contributed by atoms with Gasteiger partial charge in [-0.2, -0.15) is 0 Å². The van der Waals surface area contributed by atoms with Crippen LogP contribution in [0, 0.1) is 5.92 Å². The third-order valence-corrected chi connectivity index (χ3v) is 3.36. The molecule has 0 saturated carbocycles. The molecule has 1 aliphatic rings. The number of piperidine rings is 1. The van der Waals surface area contributed by atoms with Crippen molar-refractivity contribution in [2.24, 2.45) is 11.7 Å². The number of nitrogens with two attached hydrogens (primary N) is 1. The van der Waals surface area contributed by atoms with Crippen LogP contribution in [0.4, 0.5) is 0 Å². The van der Waals surface area contributed by atoms with Crippen LogP contribution in [0.3, 0.4) is 0 Å². The van der Waals surface area contributed by atoms with Gasteiger partial charge < -0.3 is 11.1 Å². The van der Waals surface area contributed by atoms with E-state index in [-0.39, 0.29) is 11.8 Å². The predicted octanol–water partition coefficient (Wildman–Crippen LogP) is 0.509. The Hall–Kier alpha value is -0.680. The fraction of sp³-hybridized carbons (Fsp3) is 0.818. The Labute approximate surface area is 103 Å². The Balaban J connectivity index is 2.49. The summed E-state index contributed by atoms with van der Waals surface area (Å²) in [6.07, 6.45) is 2.78. The Kier molecular flexibility index (Phi) is 5.15. The Morgan fingerprint density at radius 1 is 1.69 bits per heavy atom. The number of nitrogens with one attached hydrogen (secondary N) is 1. The summed E-state index contributed by atoms with van der Waals surface area (Å²) in [5.74, 6) is 0.264. The lowest BCUT2D eigenvalue weighted by atomic mass is 9.95. The van der Waals surface area contributed by atoms with Crippen molar-refractivity contribution >= 4 is 23.1 Å². The average Bonchev–Trinajstić information content (AvgIpc) is 2.27.